The molecule has 0 unspecified atom stereocenters. The number of unbranched alkanes of at least 4 members (excludes halogenated alkanes) is 8. The molecule has 0 fully saturated rings. The molecule has 0 radical (unpaired) electrons. The number of nitrogens with two attached hydrogens (primary N) is 1. The Morgan fingerprint density at radius 2 is 1.76 bits per heavy atom. The summed E-state index contributed by atoms with van der Waals surface area (Å²) in [6.45, 7) is 4.41. The van der Waals surface area contributed by atoms with Gasteiger partial charge in [-0.3, -0.25) is 4.79 Å². The van der Waals surface area contributed by atoms with E-state index in [1.807, 2.05) is 19.1 Å². The van der Waals surface area contributed by atoms with Crippen molar-refractivity contribution in [3.05, 3.63) is 23.8 Å². The smallest absolute Gasteiger partial charge is 0.221 e. The zero-order valence-electron chi connectivity index (χ0n) is 15.9. The highest BCUT2D eigenvalue weighted by Crippen LogP contribution is 2.10. The van der Waals surface area contributed by atoms with E-state index in [1.165, 1.54) is 44.9 Å². The second kappa shape index (κ2) is 13.4. The Bertz CT molecular complexity index is 518. The van der Waals surface area contributed by atoms with E-state index in [0.29, 0.717) is 18.1 Å². The summed E-state index contributed by atoms with van der Waals surface area (Å²) in [6.07, 6.45) is 17.4. The first kappa shape index (κ1) is 21.1. The molecule has 1 aliphatic rings. The highest BCUT2D eigenvalue weighted by atomic mass is 16.1. The van der Waals surface area contributed by atoms with Crippen LogP contribution in [-0.2, 0) is 4.79 Å². The third kappa shape index (κ3) is 9.85. The number of nitrogens with zero attached hydrogens (tertiary/aromatic N) is 2. The van der Waals surface area contributed by atoms with Crippen molar-refractivity contribution >= 4 is 17.6 Å². The predicted octanol–water partition coefficient (Wildman–Crippen LogP) is 4.25. The zero-order chi connectivity index (χ0) is 18.3. The number of amidine groups is 2. The molecule has 0 spiro atoms. The van der Waals surface area contributed by atoms with E-state index in [4.69, 9.17) is 5.73 Å². The molecule has 3 N–H and O–H groups in total. The van der Waals surface area contributed by atoms with Crippen LogP contribution >= 0.6 is 0 Å². The summed E-state index contributed by atoms with van der Waals surface area (Å²) < 4.78 is 0. The molecule has 0 aromatic rings. The van der Waals surface area contributed by atoms with Gasteiger partial charge in [-0.1, -0.05) is 64.4 Å². The van der Waals surface area contributed by atoms with E-state index < -0.39 is 0 Å². The molecule has 25 heavy (non-hydrogen) atoms. The summed E-state index contributed by atoms with van der Waals surface area (Å²) in [5, 5.41) is 2.83. The van der Waals surface area contributed by atoms with E-state index >= 15 is 0 Å². The lowest BCUT2D eigenvalue weighted by molar-refractivity contribution is -0.121. The van der Waals surface area contributed by atoms with Gasteiger partial charge in [-0.05, 0) is 25.5 Å². The summed E-state index contributed by atoms with van der Waals surface area (Å²) in [5.74, 6) is 1.06. The summed E-state index contributed by atoms with van der Waals surface area (Å²) in [5.41, 5.74) is 6.60. The molecule has 5 heteroatoms. The van der Waals surface area contributed by atoms with Crippen molar-refractivity contribution in [1.82, 2.24) is 5.32 Å². The number of nitrogens with one attached hydrogen (secondary N) is 1. The van der Waals surface area contributed by atoms with Gasteiger partial charge in [0.15, 0.2) is 5.84 Å². The molecule has 1 heterocycles. The average molecular weight is 347 g/mol. The van der Waals surface area contributed by atoms with Gasteiger partial charge in [0, 0.05) is 12.0 Å². The standard InChI is InChI=1S/C20H34N4O/c1-3-5-6-7-8-9-10-11-12-13-19(25)22-16-23-20-17(4-2)14-15-18(21)24-20/h4,14-15H,3,5-13,16H2,1-2H3,(H,22,25)(H2,21,23,24)/b17-4-. The average Bonchev–Trinajstić information content (AvgIpc) is 2.60. The maximum atomic E-state index is 11.8. The van der Waals surface area contributed by atoms with E-state index in [9.17, 15) is 4.79 Å². The highest BCUT2D eigenvalue weighted by molar-refractivity contribution is 6.13. The number of amides is 1. The van der Waals surface area contributed by atoms with Crippen molar-refractivity contribution in [1.29, 1.82) is 0 Å². The van der Waals surface area contributed by atoms with Gasteiger partial charge in [0.1, 0.15) is 12.5 Å². The minimum atomic E-state index is 0.0534. The number of allylic oxidation sites excluding steroid dienone is 1. The number of hydrogen-bond donors (Lipinski definition) is 2. The molecule has 0 bridgehead atoms. The first-order chi connectivity index (χ1) is 12.2. The van der Waals surface area contributed by atoms with Gasteiger partial charge < -0.3 is 11.1 Å². The number of aliphatic imine (C=N–C) groups is 2. The molecular weight excluding hydrogens is 312 g/mol. The van der Waals surface area contributed by atoms with Crippen LogP contribution in [0.1, 0.15) is 78.1 Å². The van der Waals surface area contributed by atoms with Crippen LogP contribution < -0.4 is 11.1 Å². The Morgan fingerprint density at radius 3 is 2.40 bits per heavy atom. The lowest BCUT2D eigenvalue weighted by Crippen LogP contribution is -2.24. The normalized spacial score (nSPS) is 17.1. The van der Waals surface area contributed by atoms with E-state index in [2.05, 4.69) is 22.2 Å². The number of rotatable bonds is 12. The van der Waals surface area contributed by atoms with Crippen LogP contribution in [0.15, 0.2) is 33.8 Å². The van der Waals surface area contributed by atoms with Crippen LogP contribution in [0.3, 0.4) is 0 Å². The van der Waals surface area contributed by atoms with E-state index in [1.54, 1.807) is 6.08 Å². The first-order valence-electron chi connectivity index (χ1n) is 9.67. The fraction of sp³-hybridized carbons (Fsp3) is 0.650. The van der Waals surface area contributed by atoms with Gasteiger partial charge in [0.25, 0.3) is 0 Å². The third-order valence-electron chi connectivity index (χ3n) is 4.25. The summed E-state index contributed by atoms with van der Waals surface area (Å²) in [4.78, 5) is 20.3. The second-order valence-corrected chi connectivity index (χ2v) is 6.43. The van der Waals surface area contributed by atoms with Crippen molar-refractivity contribution in [2.24, 2.45) is 15.7 Å². The largest absolute Gasteiger partial charge is 0.384 e. The van der Waals surface area contributed by atoms with E-state index in [0.717, 1.165) is 18.4 Å². The molecule has 0 aliphatic carbocycles. The highest BCUT2D eigenvalue weighted by Gasteiger charge is 2.07. The van der Waals surface area contributed by atoms with Gasteiger partial charge in [-0.2, -0.15) is 0 Å². The van der Waals surface area contributed by atoms with Crippen LogP contribution in [-0.4, -0.2) is 24.2 Å². The van der Waals surface area contributed by atoms with Crippen LogP contribution in [0.4, 0.5) is 0 Å². The predicted molar refractivity (Wildman–Crippen MR) is 107 cm³/mol. The van der Waals surface area contributed by atoms with Crippen molar-refractivity contribution < 1.29 is 4.79 Å². The molecule has 0 aromatic carbocycles. The molecule has 1 rings (SSSR count). The summed E-state index contributed by atoms with van der Waals surface area (Å²) in [7, 11) is 0. The quantitative estimate of drug-likeness (QED) is 0.518. The number of carbonyl (C=O) groups is 1. The fourth-order valence-electron chi connectivity index (χ4n) is 2.71. The van der Waals surface area contributed by atoms with Crippen molar-refractivity contribution in [2.75, 3.05) is 6.67 Å². The number of dihydropyridines is 1. The van der Waals surface area contributed by atoms with Crippen LogP contribution in [0.25, 0.3) is 0 Å². The zero-order valence-corrected chi connectivity index (χ0v) is 15.9. The van der Waals surface area contributed by atoms with Gasteiger partial charge in [0.2, 0.25) is 5.91 Å². The Kier molecular flexibility index (Phi) is 11.3. The molecule has 140 valence electrons. The molecule has 1 aliphatic heterocycles. The van der Waals surface area contributed by atoms with Crippen LogP contribution in [0.5, 0.6) is 0 Å². The molecule has 0 saturated heterocycles. The minimum absolute atomic E-state index is 0.0534. The fourth-order valence-corrected chi connectivity index (χ4v) is 2.71. The molecule has 0 atom stereocenters. The monoisotopic (exact) mass is 346 g/mol. The summed E-state index contributed by atoms with van der Waals surface area (Å²) in [6, 6.07) is 0. The second-order valence-electron chi connectivity index (χ2n) is 6.43. The maximum Gasteiger partial charge on any atom is 0.221 e. The molecular formula is C20H34N4O. The first-order valence-corrected chi connectivity index (χ1v) is 9.67. The number of hydrogen-bond acceptors (Lipinski definition) is 3. The molecule has 0 saturated carbocycles. The van der Waals surface area contributed by atoms with Gasteiger partial charge >= 0.3 is 0 Å². The Balaban J connectivity index is 2.09. The lowest BCUT2D eigenvalue weighted by Gasteiger charge is -2.08. The van der Waals surface area contributed by atoms with Gasteiger partial charge in [-0.25, -0.2) is 9.98 Å². The molecule has 0 aromatic heterocycles. The Hall–Kier alpha value is -1.91. The third-order valence-corrected chi connectivity index (χ3v) is 4.25. The SMILES string of the molecule is C/C=C1/C=CC(N)=N/C1=N/CNC(=O)CCCCCCCCCCC. The van der Waals surface area contributed by atoms with Crippen molar-refractivity contribution in [2.45, 2.75) is 78.1 Å². The summed E-state index contributed by atoms with van der Waals surface area (Å²) >= 11 is 0. The topological polar surface area (TPSA) is 79.8 Å². The maximum absolute atomic E-state index is 11.8. The molecule has 5 nitrogen and oxygen atoms in total. The van der Waals surface area contributed by atoms with Crippen LogP contribution in [0, 0.1) is 0 Å². The minimum Gasteiger partial charge on any atom is -0.384 e. The van der Waals surface area contributed by atoms with Crippen molar-refractivity contribution in [3.63, 3.8) is 0 Å². The van der Waals surface area contributed by atoms with Gasteiger partial charge in [-0.15, -0.1) is 0 Å². The Morgan fingerprint density at radius 1 is 1.12 bits per heavy atom. The van der Waals surface area contributed by atoms with Crippen molar-refractivity contribution in [3.8, 4) is 0 Å². The Labute approximate surface area is 152 Å². The lowest BCUT2D eigenvalue weighted by atomic mass is 10.1. The van der Waals surface area contributed by atoms with Gasteiger partial charge in [0.05, 0.1) is 0 Å². The molecule has 1 amide bonds. The van der Waals surface area contributed by atoms with E-state index in [-0.39, 0.29) is 12.6 Å². The number of carbonyl (C=O) groups excluding carboxylic acids is 1. The van der Waals surface area contributed by atoms with Crippen LogP contribution in [0.2, 0.25) is 0 Å².